The van der Waals surface area contributed by atoms with Crippen molar-refractivity contribution in [1.29, 1.82) is 0 Å². The van der Waals surface area contributed by atoms with Crippen LogP contribution in [0.25, 0.3) is 0 Å². The number of nitrogens with zero attached hydrogens (tertiary/aromatic N) is 4. The van der Waals surface area contributed by atoms with Crippen LogP contribution >= 0.6 is 0 Å². The van der Waals surface area contributed by atoms with Crippen LogP contribution in [0.4, 0.5) is 11.6 Å². The van der Waals surface area contributed by atoms with E-state index in [0.717, 1.165) is 54.9 Å². The molecule has 5 rings (SSSR count). The second-order valence-electron chi connectivity index (χ2n) is 7.79. The van der Waals surface area contributed by atoms with Gasteiger partial charge >= 0.3 is 0 Å². The number of aliphatic imine (C=N–C) groups is 1. The van der Waals surface area contributed by atoms with Crippen molar-refractivity contribution >= 4 is 17.5 Å². The van der Waals surface area contributed by atoms with Crippen molar-refractivity contribution in [3.63, 3.8) is 0 Å². The average molecular weight is 375 g/mol. The van der Waals surface area contributed by atoms with Crippen LogP contribution in [0, 0.1) is 5.92 Å². The van der Waals surface area contributed by atoms with E-state index >= 15 is 0 Å². The monoisotopic (exact) mass is 375 g/mol. The predicted molar refractivity (Wildman–Crippen MR) is 110 cm³/mol. The maximum atomic E-state index is 9.73. The predicted octanol–water partition coefficient (Wildman–Crippen LogP) is 3.47. The summed E-state index contributed by atoms with van der Waals surface area (Å²) in [4.78, 5) is 15.8. The van der Waals surface area contributed by atoms with Crippen LogP contribution in [0.3, 0.4) is 0 Å². The van der Waals surface area contributed by atoms with Crippen LogP contribution in [0.1, 0.15) is 42.9 Å². The van der Waals surface area contributed by atoms with E-state index in [2.05, 4.69) is 37.3 Å². The number of aliphatic hydroxyl groups excluding tert-OH is 1. The van der Waals surface area contributed by atoms with Gasteiger partial charge in [0.15, 0.2) is 0 Å². The first-order valence-corrected chi connectivity index (χ1v) is 10.1. The van der Waals surface area contributed by atoms with Gasteiger partial charge in [-0.05, 0) is 54.4 Å². The molecule has 1 aromatic heterocycles. The largest absolute Gasteiger partial charge is 0.392 e. The Morgan fingerprint density at radius 1 is 1.14 bits per heavy atom. The number of aromatic nitrogens is 2. The molecule has 6 nitrogen and oxygen atoms in total. The van der Waals surface area contributed by atoms with Crippen molar-refractivity contribution in [2.75, 3.05) is 23.3 Å². The molecule has 28 heavy (non-hydrogen) atoms. The Bertz CT molecular complexity index is 934. The zero-order valence-corrected chi connectivity index (χ0v) is 15.9. The molecule has 2 aromatic rings. The third-order valence-corrected chi connectivity index (χ3v) is 5.90. The molecule has 0 spiro atoms. The molecule has 0 radical (unpaired) electrons. The van der Waals surface area contributed by atoms with Gasteiger partial charge in [0.2, 0.25) is 0 Å². The highest BCUT2D eigenvalue weighted by Gasteiger charge is 2.30. The number of benzene rings is 1. The van der Waals surface area contributed by atoms with E-state index in [0.29, 0.717) is 0 Å². The van der Waals surface area contributed by atoms with Gasteiger partial charge < -0.3 is 15.3 Å². The summed E-state index contributed by atoms with van der Waals surface area (Å²) in [7, 11) is 0. The summed E-state index contributed by atoms with van der Waals surface area (Å²) in [5.74, 6) is 3.34. The maximum Gasteiger partial charge on any atom is 0.137 e. The van der Waals surface area contributed by atoms with Crippen molar-refractivity contribution in [3.8, 4) is 0 Å². The van der Waals surface area contributed by atoms with Gasteiger partial charge in [-0.1, -0.05) is 24.3 Å². The SMILES string of the molecule is OCc1ccccc1C1CCCN1c1cc(NC2=NCC(C3CC3)=C2)ncn1. The molecule has 0 amide bonds. The Labute approximate surface area is 165 Å². The second-order valence-corrected chi connectivity index (χ2v) is 7.79. The van der Waals surface area contributed by atoms with E-state index in [9.17, 15) is 5.11 Å². The molecule has 2 fully saturated rings. The normalized spacial score (nSPS) is 21.6. The molecule has 3 heterocycles. The Morgan fingerprint density at radius 2 is 2.04 bits per heavy atom. The molecular formula is C22H25N5O. The Balaban J connectivity index is 1.36. The lowest BCUT2D eigenvalue weighted by Crippen LogP contribution is -2.24. The summed E-state index contributed by atoms with van der Waals surface area (Å²) >= 11 is 0. The van der Waals surface area contributed by atoms with Crippen LogP contribution in [-0.4, -0.2) is 34.0 Å². The third-order valence-electron chi connectivity index (χ3n) is 5.90. The standard InChI is InChI=1S/C22H25N5O/c28-13-16-4-1-2-5-18(16)19-6-3-9-27(19)22-11-21(24-14-25-22)26-20-10-17(12-23-20)15-7-8-15/h1-2,4-5,10-11,14-15,19,28H,3,6-9,12-13H2,(H,23,24,25,26). The number of rotatable bonds is 5. The number of hydrogen-bond donors (Lipinski definition) is 2. The van der Waals surface area contributed by atoms with Crippen molar-refractivity contribution in [2.24, 2.45) is 10.9 Å². The summed E-state index contributed by atoms with van der Waals surface area (Å²) in [6.45, 7) is 1.83. The lowest BCUT2D eigenvalue weighted by Gasteiger charge is -2.27. The minimum absolute atomic E-state index is 0.0621. The summed E-state index contributed by atoms with van der Waals surface area (Å²) in [6.07, 6.45) is 8.57. The quantitative estimate of drug-likeness (QED) is 0.837. The molecule has 6 heteroatoms. The number of aliphatic hydroxyl groups is 1. The first-order chi connectivity index (χ1) is 13.8. The first kappa shape index (κ1) is 17.4. The molecule has 1 atom stereocenters. The average Bonchev–Trinajstić information content (AvgIpc) is 3.28. The van der Waals surface area contributed by atoms with Crippen LogP contribution in [0.2, 0.25) is 0 Å². The molecule has 1 unspecified atom stereocenters. The molecule has 1 aliphatic carbocycles. The van der Waals surface area contributed by atoms with E-state index < -0.39 is 0 Å². The molecule has 144 valence electrons. The molecule has 3 aliphatic rings. The van der Waals surface area contributed by atoms with E-state index in [1.807, 2.05) is 24.3 Å². The van der Waals surface area contributed by atoms with E-state index in [-0.39, 0.29) is 12.6 Å². The lowest BCUT2D eigenvalue weighted by atomic mass is 9.99. The Morgan fingerprint density at radius 3 is 2.89 bits per heavy atom. The van der Waals surface area contributed by atoms with Crippen LogP contribution < -0.4 is 10.2 Å². The van der Waals surface area contributed by atoms with Gasteiger partial charge in [0, 0.05) is 12.6 Å². The van der Waals surface area contributed by atoms with Crippen LogP contribution in [0.5, 0.6) is 0 Å². The highest BCUT2D eigenvalue weighted by atomic mass is 16.3. The van der Waals surface area contributed by atoms with Gasteiger partial charge in [0.1, 0.15) is 23.8 Å². The van der Waals surface area contributed by atoms with E-state index in [4.69, 9.17) is 0 Å². The third kappa shape index (κ3) is 3.40. The van der Waals surface area contributed by atoms with Gasteiger partial charge in [-0.25, -0.2) is 9.97 Å². The van der Waals surface area contributed by atoms with E-state index in [1.165, 1.54) is 24.0 Å². The van der Waals surface area contributed by atoms with Gasteiger partial charge in [-0.3, -0.25) is 4.99 Å². The zero-order chi connectivity index (χ0) is 18.9. The molecule has 1 saturated heterocycles. The first-order valence-electron chi connectivity index (χ1n) is 10.1. The number of hydrogen-bond acceptors (Lipinski definition) is 6. The smallest absolute Gasteiger partial charge is 0.137 e. The number of nitrogens with one attached hydrogen (secondary N) is 1. The lowest BCUT2D eigenvalue weighted by molar-refractivity contribution is 0.280. The van der Waals surface area contributed by atoms with Gasteiger partial charge in [0.05, 0.1) is 19.2 Å². The molecule has 2 N–H and O–H groups in total. The molecule has 2 aliphatic heterocycles. The maximum absolute atomic E-state index is 9.73. The van der Waals surface area contributed by atoms with Gasteiger partial charge in [-0.15, -0.1) is 0 Å². The Hall–Kier alpha value is -2.73. The topological polar surface area (TPSA) is 73.6 Å². The van der Waals surface area contributed by atoms with Gasteiger partial charge in [-0.2, -0.15) is 0 Å². The minimum Gasteiger partial charge on any atom is -0.392 e. The van der Waals surface area contributed by atoms with Crippen molar-refractivity contribution in [3.05, 3.63) is 59.4 Å². The fourth-order valence-electron chi connectivity index (χ4n) is 4.29. The number of anilines is 2. The highest BCUT2D eigenvalue weighted by molar-refractivity contribution is 6.05. The molecular weight excluding hydrogens is 350 g/mol. The zero-order valence-electron chi connectivity index (χ0n) is 15.9. The van der Waals surface area contributed by atoms with Crippen LogP contribution in [-0.2, 0) is 6.61 Å². The summed E-state index contributed by atoms with van der Waals surface area (Å²) < 4.78 is 0. The minimum atomic E-state index is 0.0621. The van der Waals surface area contributed by atoms with Crippen molar-refractivity contribution < 1.29 is 5.11 Å². The Kier molecular flexibility index (Phi) is 4.56. The summed E-state index contributed by atoms with van der Waals surface area (Å²) in [5, 5.41) is 13.1. The van der Waals surface area contributed by atoms with Crippen molar-refractivity contribution in [2.45, 2.75) is 38.3 Å². The highest BCUT2D eigenvalue weighted by Crippen LogP contribution is 2.38. The van der Waals surface area contributed by atoms with Crippen LogP contribution in [0.15, 0.2) is 53.3 Å². The molecule has 1 saturated carbocycles. The summed E-state index contributed by atoms with van der Waals surface area (Å²) in [6, 6.07) is 10.4. The second kappa shape index (κ2) is 7.36. The van der Waals surface area contributed by atoms with E-state index in [1.54, 1.807) is 6.33 Å². The summed E-state index contributed by atoms with van der Waals surface area (Å²) in [5.41, 5.74) is 3.62. The fraction of sp³-hybridized carbons (Fsp3) is 0.409. The molecule has 1 aromatic carbocycles. The molecule has 0 bridgehead atoms. The fourth-order valence-corrected chi connectivity index (χ4v) is 4.29. The number of amidine groups is 1. The van der Waals surface area contributed by atoms with Gasteiger partial charge in [0.25, 0.3) is 0 Å². The van der Waals surface area contributed by atoms with Crippen molar-refractivity contribution in [1.82, 2.24) is 9.97 Å².